The Morgan fingerprint density at radius 1 is 1.18 bits per heavy atom. The summed E-state index contributed by atoms with van der Waals surface area (Å²) in [5, 5.41) is 0. The van der Waals surface area contributed by atoms with Crippen molar-refractivity contribution in [3.63, 3.8) is 0 Å². The van der Waals surface area contributed by atoms with Gasteiger partial charge in [0.2, 0.25) is 0 Å². The summed E-state index contributed by atoms with van der Waals surface area (Å²) in [5.74, 6) is 0. The molecule has 1 aromatic carbocycles. The third-order valence-corrected chi connectivity index (χ3v) is 1.64. The van der Waals surface area contributed by atoms with Crippen molar-refractivity contribution in [2.75, 3.05) is 0 Å². The van der Waals surface area contributed by atoms with Gasteiger partial charge in [0.15, 0.2) is 0 Å². The molecule has 0 saturated heterocycles. The van der Waals surface area contributed by atoms with Crippen LogP contribution in [0.5, 0.6) is 0 Å². The minimum absolute atomic E-state index is 0.517. The first-order valence-electron chi connectivity index (χ1n) is 3.49. The fourth-order valence-corrected chi connectivity index (χ4v) is 1.07. The van der Waals surface area contributed by atoms with Gasteiger partial charge in [-0.2, -0.15) is 4.89 Å². The van der Waals surface area contributed by atoms with Crippen molar-refractivity contribution in [3.8, 4) is 0 Å². The van der Waals surface area contributed by atoms with E-state index in [-0.39, 0.29) is 0 Å². The van der Waals surface area contributed by atoms with Crippen molar-refractivity contribution in [2.24, 2.45) is 0 Å². The zero-order valence-corrected chi connectivity index (χ0v) is 5.99. The summed E-state index contributed by atoms with van der Waals surface area (Å²) in [6.07, 6.45) is 3.44. The standard InChI is InChI=1S/C9H8O2/c1-2-4-9-7-11-10-6-5-8(9)3-1/h1-6H,7H2. The van der Waals surface area contributed by atoms with Crippen LogP contribution < -0.4 is 0 Å². The average Bonchev–Trinajstić information content (AvgIpc) is 2.28. The SMILES string of the molecule is C1=Cc2ccccc2COO1. The minimum atomic E-state index is 0.517. The van der Waals surface area contributed by atoms with E-state index >= 15 is 0 Å². The van der Waals surface area contributed by atoms with Gasteiger partial charge in [-0.15, -0.1) is 0 Å². The molecular formula is C9H8O2. The van der Waals surface area contributed by atoms with E-state index in [9.17, 15) is 0 Å². The van der Waals surface area contributed by atoms with Crippen LogP contribution in [0.15, 0.2) is 30.5 Å². The van der Waals surface area contributed by atoms with Crippen LogP contribution >= 0.6 is 0 Å². The molecule has 0 fully saturated rings. The first kappa shape index (κ1) is 6.43. The lowest BCUT2D eigenvalue weighted by Gasteiger charge is -1.99. The molecule has 0 bridgehead atoms. The fraction of sp³-hybridized carbons (Fsp3) is 0.111. The molecular weight excluding hydrogens is 140 g/mol. The van der Waals surface area contributed by atoms with Crippen LogP contribution in [-0.2, 0) is 16.4 Å². The lowest BCUT2D eigenvalue weighted by molar-refractivity contribution is -0.257. The molecule has 2 nitrogen and oxygen atoms in total. The number of fused-ring (bicyclic) bond motifs is 1. The second-order valence-corrected chi connectivity index (χ2v) is 2.36. The summed E-state index contributed by atoms with van der Waals surface area (Å²) in [4.78, 5) is 9.53. The van der Waals surface area contributed by atoms with Gasteiger partial charge in [-0.05, 0) is 17.2 Å². The van der Waals surface area contributed by atoms with Gasteiger partial charge < -0.3 is 4.89 Å². The molecule has 2 heteroatoms. The fourth-order valence-electron chi connectivity index (χ4n) is 1.07. The van der Waals surface area contributed by atoms with Gasteiger partial charge in [-0.3, -0.25) is 0 Å². The molecule has 0 spiro atoms. The Balaban J connectivity index is 2.45. The lowest BCUT2D eigenvalue weighted by Crippen LogP contribution is -1.89. The van der Waals surface area contributed by atoms with Crippen molar-refractivity contribution >= 4 is 6.08 Å². The van der Waals surface area contributed by atoms with Crippen LogP contribution in [0.25, 0.3) is 6.08 Å². The normalized spacial score (nSPS) is 14.9. The summed E-state index contributed by atoms with van der Waals surface area (Å²) in [7, 11) is 0. The van der Waals surface area contributed by atoms with Crippen molar-refractivity contribution in [1.29, 1.82) is 0 Å². The predicted octanol–water partition coefficient (Wildman–Crippen LogP) is 2.12. The van der Waals surface area contributed by atoms with Crippen molar-refractivity contribution in [2.45, 2.75) is 6.61 Å². The van der Waals surface area contributed by atoms with Crippen molar-refractivity contribution < 1.29 is 9.78 Å². The monoisotopic (exact) mass is 148 g/mol. The quantitative estimate of drug-likeness (QED) is 0.524. The zero-order chi connectivity index (χ0) is 7.52. The van der Waals surface area contributed by atoms with E-state index in [0.29, 0.717) is 6.61 Å². The summed E-state index contributed by atoms with van der Waals surface area (Å²) in [6, 6.07) is 8.04. The molecule has 0 unspecified atom stereocenters. The van der Waals surface area contributed by atoms with Crippen molar-refractivity contribution in [3.05, 3.63) is 41.7 Å². The maximum absolute atomic E-state index is 4.83. The molecule has 0 atom stereocenters. The third-order valence-electron chi connectivity index (χ3n) is 1.64. The van der Waals surface area contributed by atoms with Crippen molar-refractivity contribution in [1.82, 2.24) is 0 Å². The first-order chi connectivity index (χ1) is 5.47. The molecule has 1 aliphatic rings. The zero-order valence-electron chi connectivity index (χ0n) is 5.99. The van der Waals surface area contributed by atoms with E-state index in [1.807, 2.05) is 30.3 Å². The first-order valence-corrected chi connectivity index (χ1v) is 3.49. The highest BCUT2D eigenvalue weighted by molar-refractivity contribution is 5.52. The van der Waals surface area contributed by atoms with E-state index in [2.05, 4.69) is 0 Å². The molecule has 0 aromatic heterocycles. The summed E-state index contributed by atoms with van der Waals surface area (Å²) < 4.78 is 0. The maximum atomic E-state index is 4.83. The number of hydrogen-bond acceptors (Lipinski definition) is 2. The Bertz CT molecular complexity index is 279. The number of benzene rings is 1. The largest absolute Gasteiger partial charge is 0.345 e. The Morgan fingerprint density at radius 3 is 3.09 bits per heavy atom. The Labute approximate surface area is 65.0 Å². The predicted molar refractivity (Wildman–Crippen MR) is 41.4 cm³/mol. The van der Waals surface area contributed by atoms with Crippen LogP contribution in [0.3, 0.4) is 0 Å². The average molecular weight is 148 g/mol. The Morgan fingerprint density at radius 2 is 2.09 bits per heavy atom. The van der Waals surface area contributed by atoms with E-state index < -0.39 is 0 Å². The maximum Gasteiger partial charge on any atom is 0.130 e. The van der Waals surface area contributed by atoms with Gasteiger partial charge in [0, 0.05) is 0 Å². The van der Waals surface area contributed by atoms with Gasteiger partial charge in [-0.1, -0.05) is 24.3 Å². The van der Waals surface area contributed by atoms with Gasteiger partial charge in [0.25, 0.3) is 0 Å². The topological polar surface area (TPSA) is 18.5 Å². The van der Waals surface area contributed by atoms with Crippen LogP contribution in [0, 0.1) is 0 Å². The molecule has 0 N–H and O–H groups in total. The van der Waals surface area contributed by atoms with Crippen LogP contribution in [0.1, 0.15) is 11.1 Å². The van der Waals surface area contributed by atoms with E-state index in [1.165, 1.54) is 0 Å². The summed E-state index contributed by atoms with van der Waals surface area (Å²) in [6.45, 7) is 0.517. The molecule has 0 aliphatic carbocycles. The molecule has 0 saturated carbocycles. The molecule has 56 valence electrons. The Kier molecular flexibility index (Phi) is 1.61. The highest BCUT2D eigenvalue weighted by atomic mass is 17.2. The molecule has 0 radical (unpaired) electrons. The molecule has 2 rings (SSSR count). The molecule has 0 amide bonds. The second kappa shape index (κ2) is 2.76. The third kappa shape index (κ3) is 1.25. The van der Waals surface area contributed by atoms with E-state index in [0.717, 1.165) is 11.1 Å². The highest BCUT2D eigenvalue weighted by Crippen LogP contribution is 2.14. The molecule has 1 heterocycles. The van der Waals surface area contributed by atoms with Crippen LogP contribution in [0.2, 0.25) is 0 Å². The number of hydrogen-bond donors (Lipinski definition) is 0. The van der Waals surface area contributed by atoms with Gasteiger partial charge in [0.1, 0.15) is 12.9 Å². The Hall–Kier alpha value is -1.28. The number of rotatable bonds is 0. The second-order valence-electron chi connectivity index (χ2n) is 2.36. The summed E-state index contributed by atoms with van der Waals surface area (Å²) in [5.41, 5.74) is 2.31. The van der Waals surface area contributed by atoms with Gasteiger partial charge in [-0.25, -0.2) is 0 Å². The van der Waals surface area contributed by atoms with Gasteiger partial charge in [0.05, 0.1) is 0 Å². The van der Waals surface area contributed by atoms with Gasteiger partial charge >= 0.3 is 0 Å². The van der Waals surface area contributed by atoms with E-state index in [1.54, 1.807) is 6.26 Å². The van der Waals surface area contributed by atoms with Crippen LogP contribution in [-0.4, -0.2) is 0 Å². The molecule has 1 aromatic rings. The smallest absolute Gasteiger partial charge is 0.130 e. The minimum Gasteiger partial charge on any atom is -0.345 e. The van der Waals surface area contributed by atoms with E-state index in [4.69, 9.17) is 9.78 Å². The molecule has 1 aliphatic heterocycles. The molecule has 11 heavy (non-hydrogen) atoms. The lowest BCUT2D eigenvalue weighted by atomic mass is 10.1. The highest BCUT2D eigenvalue weighted by Gasteiger charge is 2.01. The van der Waals surface area contributed by atoms with Crippen LogP contribution in [0.4, 0.5) is 0 Å². The summed E-state index contributed by atoms with van der Waals surface area (Å²) >= 11 is 0.